The van der Waals surface area contributed by atoms with Crippen molar-refractivity contribution in [2.75, 3.05) is 13.1 Å². The molecule has 30 heavy (non-hydrogen) atoms. The van der Waals surface area contributed by atoms with Gasteiger partial charge in [0.15, 0.2) is 0 Å². The molecule has 0 aliphatic carbocycles. The lowest BCUT2D eigenvalue weighted by molar-refractivity contribution is -0.152. The first-order valence-corrected chi connectivity index (χ1v) is 11.5. The lowest BCUT2D eigenvalue weighted by atomic mass is 9.90. The highest BCUT2D eigenvalue weighted by Crippen LogP contribution is 2.50. The summed E-state index contributed by atoms with van der Waals surface area (Å²) in [5.74, 6) is 0.999. The van der Waals surface area contributed by atoms with Gasteiger partial charge in [-0.05, 0) is 39.0 Å². The Bertz CT molecular complexity index is 1010. The fraction of sp³-hybridized carbons (Fsp3) is 0.458. The van der Waals surface area contributed by atoms with Gasteiger partial charge in [-0.1, -0.05) is 47.0 Å². The average Bonchev–Trinajstić information content (AvgIpc) is 3.15. The molecule has 2 aromatic carbocycles. The zero-order valence-electron chi connectivity index (χ0n) is 17.7. The van der Waals surface area contributed by atoms with E-state index in [2.05, 4.69) is 48.9 Å². The standard InChI is InChI=1S/C24H27Cl2N3O/c1-15(2)28-10-8-24(9-11-28)29-22(19-12-16(3)4-7-23(19)30-24)14-21(27-29)18-6-5-17(25)13-20(18)26/h4-7,12-13,15,22H,8-11,14H2,1-3H3/t22-/m1/s1. The van der Waals surface area contributed by atoms with Crippen LogP contribution in [-0.4, -0.2) is 40.5 Å². The number of piperidine rings is 1. The summed E-state index contributed by atoms with van der Waals surface area (Å²) in [7, 11) is 0. The molecule has 1 atom stereocenters. The molecule has 0 amide bonds. The molecule has 1 saturated heterocycles. The lowest BCUT2D eigenvalue weighted by Gasteiger charge is -2.51. The van der Waals surface area contributed by atoms with E-state index in [1.807, 2.05) is 12.1 Å². The highest BCUT2D eigenvalue weighted by Gasteiger charge is 2.52. The Labute approximate surface area is 188 Å². The van der Waals surface area contributed by atoms with E-state index in [9.17, 15) is 0 Å². The van der Waals surface area contributed by atoms with Crippen molar-refractivity contribution >= 4 is 28.9 Å². The number of fused-ring (bicyclic) bond motifs is 4. The molecule has 4 nitrogen and oxygen atoms in total. The minimum atomic E-state index is -0.404. The van der Waals surface area contributed by atoms with Crippen molar-refractivity contribution < 1.29 is 4.74 Å². The maximum atomic E-state index is 6.73. The van der Waals surface area contributed by atoms with Crippen LogP contribution in [0.4, 0.5) is 0 Å². The average molecular weight is 444 g/mol. The zero-order valence-corrected chi connectivity index (χ0v) is 19.2. The molecule has 0 saturated carbocycles. The van der Waals surface area contributed by atoms with E-state index >= 15 is 0 Å². The molecule has 2 aromatic rings. The number of aryl methyl sites for hydroxylation is 1. The summed E-state index contributed by atoms with van der Waals surface area (Å²) < 4.78 is 6.73. The number of hydrogen-bond acceptors (Lipinski definition) is 4. The van der Waals surface area contributed by atoms with E-state index in [1.54, 1.807) is 6.07 Å². The van der Waals surface area contributed by atoms with Gasteiger partial charge in [-0.15, -0.1) is 0 Å². The molecule has 0 bridgehead atoms. The first kappa shape index (κ1) is 20.2. The van der Waals surface area contributed by atoms with Gasteiger partial charge in [-0.25, -0.2) is 5.01 Å². The van der Waals surface area contributed by atoms with Crippen molar-refractivity contribution in [1.82, 2.24) is 9.91 Å². The monoisotopic (exact) mass is 443 g/mol. The topological polar surface area (TPSA) is 28.1 Å². The van der Waals surface area contributed by atoms with Gasteiger partial charge >= 0.3 is 0 Å². The van der Waals surface area contributed by atoms with Gasteiger partial charge < -0.3 is 9.64 Å². The Hall–Kier alpha value is -1.75. The number of nitrogens with zero attached hydrogens (tertiary/aromatic N) is 3. The van der Waals surface area contributed by atoms with E-state index < -0.39 is 5.72 Å². The zero-order chi connectivity index (χ0) is 21.0. The van der Waals surface area contributed by atoms with Crippen molar-refractivity contribution in [3.05, 3.63) is 63.1 Å². The summed E-state index contributed by atoms with van der Waals surface area (Å²) in [6.07, 6.45) is 2.68. The fourth-order valence-electron chi connectivity index (χ4n) is 5.01. The minimum absolute atomic E-state index is 0.168. The maximum absolute atomic E-state index is 6.73. The van der Waals surface area contributed by atoms with E-state index in [0.717, 1.165) is 49.4 Å². The number of rotatable bonds is 2. The summed E-state index contributed by atoms with van der Waals surface area (Å²) in [5, 5.41) is 8.66. The molecule has 6 heteroatoms. The first-order valence-electron chi connectivity index (χ1n) is 10.7. The second kappa shape index (κ2) is 7.44. The predicted molar refractivity (Wildman–Crippen MR) is 123 cm³/mol. The summed E-state index contributed by atoms with van der Waals surface area (Å²) >= 11 is 12.7. The molecule has 158 valence electrons. The van der Waals surface area contributed by atoms with E-state index in [-0.39, 0.29) is 6.04 Å². The summed E-state index contributed by atoms with van der Waals surface area (Å²) in [4.78, 5) is 2.52. The van der Waals surface area contributed by atoms with Crippen molar-refractivity contribution in [2.45, 2.75) is 57.8 Å². The Morgan fingerprint density at radius 1 is 1.10 bits per heavy atom. The molecule has 0 N–H and O–H groups in total. The highest BCUT2D eigenvalue weighted by molar-refractivity contribution is 6.37. The summed E-state index contributed by atoms with van der Waals surface area (Å²) in [5.41, 5.74) is 4.01. The molecule has 3 aliphatic heterocycles. The maximum Gasteiger partial charge on any atom is 0.200 e. The van der Waals surface area contributed by atoms with Crippen LogP contribution in [0, 0.1) is 6.92 Å². The Balaban J connectivity index is 1.56. The number of likely N-dealkylation sites (tertiary alicyclic amines) is 1. The fourth-order valence-corrected chi connectivity index (χ4v) is 5.53. The van der Waals surface area contributed by atoms with Crippen LogP contribution < -0.4 is 4.74 Å². The molecular formula is C24H27Cl2N3O. The van der Waals surface area contributed by atoms with Crippen LogP contribution >= 0.6 is 23.2 Å². The molecule has 0 unspecified atom stereocenters. The SMILES string of the molecule is Cc1ccc2c(c1)[C@H]1CC(c3ccc(Cl)cc3Cl)=NN1C1(CCN(C(C)C)CC1)O2. The normalized spacial score (nSPS) is 22.7. The van der Waals surface area contributed by atoms with Crippen molar-refractivity contribution in [1.29, 1.82) is 0 Å². The third kappa shape index (κ3) is 3.30. The third-order valence-electron chi connectivity index (χ3n) is 6.70. The van der Waals surface area contributed by atoms with Crippen LogP contribution in [0.2, 0.25) is 10.0 Å². The number of halogens is 2. The number of ether oxygens (including phenoxy) is 1. The van der Waals surface area contributed by atoms with Crippen LogP contribution in [0.3, 0.4) is 0 Å². The van der Waals surface area contributed by atoms with Gasteiger partial charge in [0.1, 0.15) is 5.75 Å². The van der Waals surface area contributed by atoms with Gasteiger partial charge in [0, 0.05) is 54.5 Å². The predicted octanol–water partition coefficient (Wildman–Crippen LogP) is 6.05. The van der Waals surface area contributed by atoms with Crippen LogP contribution in [0.1, 0.15) is 55.8 Å². The minimum Gasteiger partial charge on any atom is -0.466 e. The number of benzene rings is 2. The number of hydrogen-bond donors (Lipinski definition) is 0. The Morgan fingerprint density at radius 3 is 2.57 bits per heavy atom. The molecular weight excluding hydrogens is 417 g/mol. The largest absolute Gasteiger partial charge is 0.466 e. The van der Waals surface area contributed by atoms with Crippen LogP contribution in [-0.2, 0) is 0 Å². The molecule has 5 rings (SSSR count). The van der Waals surface area contributed by atoms with Gasteiger partial charge in [0.05, 0.1) is 16.8 Å². The Kier molecular flexibility index (Phi) is 5.00. The van der Waals surface area contributed by atoms with Crippen LogP contribution in [0.5, 0.6) is 5.75 Å². The molecule has 1 fully saturated rings. The smallest absolute Gasteiger partial charge is 0.200 e. The highest BCUT2D eigenvalue weighted by atomic mass is 35.5. The first-order chi connectivity index (χ1) is 14.4. The van der Waals surface area contributed by atoms with E-state index in [1.165, 1.54) is 11.1 Å². The quantitative estimate of drug-likeness (QED) is 0.565. The van der Waals surface area contributed by atoms with Gasteiger partial charge in [-0.2, -0.15) is 5.10 Å². The molecule has 0 radical (unpaired) electrons. The van der Waals surface area contributed by atoms with Gasteiger partial charge in [0.2, 0.25) is 5.72 Å². The molecule has 1 spiro atoms. The van der Waals surface area contributed by atoms with Crippen molar-refractivity contribution in [2.24, 2.45) is 5.10 Å². The second-order valence-corrected chi connectivity index (χ2v) is 9.80. The van der Waals surface area contributed by atoms with Crippen LogP contribution in [0.15, 0.2) is 41.5 Å². The van der Waals surface area contributed by atoms with Crippen molar-refractivity contribution in [3.8, 4) is 5.75 Å². The summed E-state index contributed by atoms with van der Waals surface area (Å²) in [6, 6.07) is 12.9. The van der Waals surface area contributed by atoms with Gasteiger partial charge in [-0.3, -0.25) is 0 Å². The van der Waals surface area contributed by atoms with Crippen molar-refractivity contribution in [3.63, 3.8) is 0 Å². The van der Waals surface area contributed by atoms with E-state index in [0.29, 0.717) is 16.1 Å². The lowest BCUT2D eigenvalue weighted by Crippen LogP contribution is -2.59. The van der Waals surface area contributed by atoms with Crippen LogP contribution in [0.25, 0.3) is 0 Å². The molecule has 3 heterocycles. The third-order valence-corrected chi connectivity index (χ3v) is 7.25. The molecule has 0 aromatic heterocycles. The Morgan fingerprint density at radius 2 is 1.87 bits per heavy atom. The molecule has 3 aliphatic rings. The van der Waals surface area contributed by atoms with Gasteiger partial charge in [0.25, 0.3) is 0 Å². The summed E-state index contributed by atoms with van der Waals surface area (Å²) in [6.45, 7) is 8.66. The van der Waals surface area contributed by atoms with E-state index in [4.69, 9.17) is 33.0 Å². The second-order valence-electron chi connectivity index (χ2n) is 8.95. The number of hydrazone groups is 1.